The maximum absolute atomic E-state index is 5.90. The number of aryl methyl sites for hydroxylation is 1. The summed E-state index contributed by atoms with van der Waals surface area (Å²) >= 11 is 5.90. The summed E-state index contributed by atoms with van der Waals surface area (Å²) in [5, 5.41) is 9.04. The van der Waals surface area contributed by atoms with E-state index in [1.807, 2.05) is 31.6 Å². The van der Waals surface area contributed by atoms with Crippen LogP contribution in [0.4, 0.5) is 0 Å². The molecule has 4 aromatic rings. The number of aromatic nitrogens is 5. The molecule has 0 unspecified atom stereocenters. The molecule has 6 nitrogen and oxygen atoms in total. The van der Waals surface area contributed by atoms with E-state index in [2.05, 4.69) is 27.0 Å². The van der Waals surface area contributed by atoms with E-state index in [0.717, 1.165) is 27.8 Å². The van der Waals surface area contributed by atoms with Crippen LogP contribution in [0.1, 0.15) is 11.1 Å². The van der Waals surface area contributed by atoms with E-state index in [0.29, 0.717) is 10.9 Å². The van der Waals surface area contributed by atoms with E-state index < -0.39 is 0 Å². The maximum Gasteiger partial charge on any atom is 0.146 e. The third kappa shape index (κ3) is 3.01. The van der Waals surface area contributed by atoms with E-state index in [1.54, 1.807) is 41.0 Å². The minimum absolute atomic E-state index is 0.412. The molecule has 0 bridgehead atoms. The summed E-state index contributed by atoms with van der Waals surface area (Å²) in [5.41, 5.74) is 4.32. The van der Waals surface area contributed by atoms with Gasteiger partial charge in [-0.1, -0.05) is 23.4 Å². The van der Waals surface area contributed by atoms with Gasteiger partial charge in [0.2, 0.25) is 0 Å². The minimum Gasteiger partial charge on any atom is -0.494 e. The Morgan fingerprint density at radius 1 is 1.08 bits per heavy atom. The SMILES string of the molecule is COc1cc(-c2cnn(C)c2)cn2ncc(C#Cc3ccnc(Cl)c3)c12. The summed E-state index contributed by atoms with van der Waals surface area (Å²) in [7, 11) is 3.52. The van der Waals surface area contributed by atoms with Gasteiger partial charge in [-0.25, -0.2) is 9.50 Å². The average molecular weight is 364 g/mol. The zero-order chi connectivity index (χ0) is 18.1. The van der Waals surface area contributed by atoms with Gasteiger partial charge in [-0.05, 0) is 18.2 Å². The summed E-state index contributed by atoms with van der Waals surface area (Å²) in [6, 6.07) is 5.49. The Kier molecular flexibility index (Phi) is 4.07. The van der Waals surface area contributed by atoms with Crippen molar-refractivity contribution >= 4 is 17.1 Å². The summed E-state index contributed by atoms with van der Waals surface area (Å²) in [6.07, 6.45) is 9.03. The highest BCUT2D eigenvalue weighted by molar-refractivity contribution is 6.29. The summed E-state index contributed by atoms with van der Waals surface area (Å²) < 4.78 is 9.10. The van der Waals surface area contributed by atoms with Gasteiger partial charge in [0.1, 0.15) is 16.4 Å². The van der Waals surface area contributed by atoms with Crippen LogP contribution in [0.3, 0.4) is 0 Å². The molecule has 0 N–H and O–H groups in total. The highest BCUT2D eigenvalue weighted by atomic mass is 35.5. The molecule has 7 heteroatoms. The van der Waals surface area contributed by atoms with Gasteiger partial charge in [0.15, 0.2) is 0 Å². The van der Waals surface area contributed by atoms with E-state index in [1.165, 1.54) is 0 Å². The van der Waals surface area contributed by atoms with Crippen LogP contribution in [-0.2, 0) is 7.05 Å². The molecule has 4 heterocycles. The molecule has 4 rings (SSSR count). The zero-order valence-electron chi connectivity index (χ0n) is 14.1. The molecular weight excluding hydrogens is 350 g/mol. The van der Waals surface area contributed by atoms with Crippen LogP contribution in [0.25, 0.3) is 16.6 Å². The fourth-order valence-corrected chi connectivity index (χ4v) is 2.85. The lowest BCUT2D eigenvalue weighted by atomic mass is 10.1. The molecule has 0 amide bonds. The van der Waals surface area contributed by atoms with Crippen molar-refractivity contribution in [3.63, 3.8) is 0 Å². The lowest BCUT2D eigenvalue weighted by Crippen LogP contribution is -1.94. The first kappa shape index (κ1) is 16.2. The first-order valence-electron chi connectivity index (χ1n) is 7.82. The molecular formula is C19H14ClN5O. The second-order valence-corrected chi connectivity index (χ2v) is 6.06. The Balaban J connectivity index is 1.81. The van der Waals surface area contributed by atoms with Crippen molar-refractivity contribution < 1.29 is 4.74 Å². The number of pyridine rings is 2. The highest BCUT2D eigenvalue weighted by Gasteiger charge is 2.12. The van der Waals surface area contributed by atoms with Gasteiger partial charge in [0.05, 0.1) is 25.1 Å². The molecule has 0 aliphatic heterocycles. The first-order chi connectivity index (χ1) is 12.6. The number of ether oxygens (including phenoxy) is 1. The molecule has 26 heavy (non-hydrogen) atoms. The number of fused-ring (bicyclic) bond motifs is 1. The normalized spacial score (nSPS) is 10.6. The molecule has 0 atom stereocenters. The van der Waals surface area contributed by atoms with Gasteiger partial charge in [-0.2, -0.15) is 10.2 Å². The van der Waals surface area contributed by atoms with E-state index in [9.17, 15) is 0 Å². The van der Waals surface area contributed by atoms with Crippen LogP contribution in [0.5, 0.6) is 5.75 Å². The van der Waals surface area contributed by atoms with E-state index in [-0.39, 0.29) is 0 Å². The van der Waals surface area contributed by atoms with Crippen molar-refractivity contribution in [3.05, 3.63) is 65.5 Å². The predicted octanol–water partition coefficient (Wildman–Crippen LogP) is 3.19. The van der Waals surface area contributed by atoms with Crippen LogP contribution < -0.4 is 4.74 Å². The lowest BCUT2D eigenvalue weighted by Gasteiger charge is -2.06. The fourth-order valence-electron chi connectivity index (χ4n) is 2.68. The Morgan fingerprint density at radius 2 is 1.96 bits per heavy atom. The van der Waals surface area contributed by atoms with Gasteiger partial charge in [-0.15, -0.1) is 0 Å². The third-order valence-corrected chi connectivity index (χ3v) is 4.11. The molecule has 0 aliphatic rings. The summed E-state index contributed by atoms with van der Waals surface area (Å²) in [4.78, 5) is 3.96. The molecule has 0 saturated carbocycles. The van der Waals surface area contributed by atoms with Crippen LogP contribution in [0.2, 0.25) is 5.15 Å². The number of hydrogen-bond acceptors (Lipinski definition) is 4. The van der Waals surface area contributed by atoms with Gasteiger partial charge >= 0.3 is 0 Å². The monoisotopic (exact) mass is 363 g/mol. The second-order valence-electron chi connectivity index (χ2n) is 5.67. The van der Waals surface area contributed by atoms with Gasteiger partial charge < -0.3 is 4.74 Å². The predicted molar refractivity (Wildman–Crippen MR) is 99.2 cm³/mol. The van der Waals surface area contributed by atoms with Crippen LogP contribution in [0.15, 0.2) is 49.2 Å². The van der Waals surface area contributed by atoms with Gasteiger partial charge in [-0.3, -0.25) is 4.68 Å². The highest BCUT2D eigenvalue weighted by Crippen LogP contribution is 2.29. The fraction of sp³-hybridized carbons (Fsp3) is 0.105. The molecule has 0 aliphatic carbocycles. The number of nitrogens with zero attached hydrogens (tertiary/aromatic N) is 5. The quantitative estimate of drug-likeness (QED) is 0.405. The Labute approximate surface area is 155 Å². The smallest absolute Gasteiger partial charge is 0.146 e. The van der Waals surface area contributed by atoms with Crippen molar-refractivity contribution in [2.24, 2.45) is 7.05 Å². The Hall–Kier alpha value is -3.30. The maximum atomic E-state index is 5.90. The number of hydrogen-bond donors (Lipinski definition) is 0. The number of rotatable bonds is 2. The van der Waals surface area contributed by atoms with Crippen molar-refractivity contribution in [3.8, 4) is 28.7 Å². The third-order valence-electron chi connectivity index (χ3n) is 3.90. The van der Waals surface area contributed by atoms with Crippen molar-refractivity contribution in [2.75, 3.05) is 7.11 Å². The Bertz CT molecular complexity index is 1170. The molecule has 128 valence electrons. The van der Waals surface area contributed by atoms with Crippen molar-refractivity contribution in [2.45, 2.75) is 0 Å². The van der Waals surface area contributed by atoms with Crippen LogP contribution in [0, 0.1) is 11.8 Å². The number of methoxy groups -OCH3 is 1. The Morgan fingerprint density at radius 3 is 2.69 bits per heavy atom. The largest absolute Gasteiger partial charge is 0.494 e. The van der Waals surface area contributed by atoms with Crippen molar-refractivity contribution in [1.82, 2.24) is 24.4 Å². The van der Waals surface area contributed by atoms with Crippen molar-refractivity contribution in [1.29, 1.82) is 0 Å². The molecule has 0 fully saturated rings. The molecule has 0 spiro atoms. The van der Waals surface area contributed by atoms with Crippen LogP contribution >= 0.6 is 11.6 Å². The van der Waals surface area contributed by atoms with Gasteiger partial charge in [0, 0.05) is 42.3 Å². The number of halogens is 1. The standard InChI is InChI=1S/C19H14ClN5O/c1-24-11-16(10-22-24)15-8-17(26-2)19-14(9-23-25(19)12-15)4-3-13-5-6-21-18(20)7-13/h5-12H,1-2H3. The zero-order valence-corrected chi connectivity index (χ0v) is 14.9. The topological polar surface area (TPSA) is 57.2 Å². The minimum atomic E-state index is 0.412. The van der Waals surface area contributed by atoms with E-state index >= 15 is 0 Å². The lowest BCUT2D eigenvalue weighted by molar-refractivity contribution is 0.417. The first-order valence-corrected chi connectivity index (χ1v) is 8.20. The molecule has 0 radical (unpaired) electrons. The average Bonchev–Trinajstić information content (AvgIpc) is 3.25. The van der Waals surface area contributed by atoms with Crippen LogP contribution in [-0.4, -0.2) is 31.5 Å². The van der Waals surface area contributed by atoms with Gasteiger partial charge in [0.25, 0.3) is 0 Å². The molecule has 0 aromatic carbocycles. The second kappa shape index (κ2) is 6.54. The molecule has 0 saturated heterocycles. The van der Waals surface area contributed by atoms with E-state index in [4.69, 9.17) is 16.3 Å². The molecule has 4 aromatic heterocycles. The summed E-state index contributed by atoms with van der Waals surface area (Å²) in [5.74, 6) is 6.91. The summed E-state index contributed by atoms with van der Waals surface area (Å²) in [6.45, 7) is 0.